The van der Waals surface area contributed by atoms with Gasteiger partial charge in [-0.05, 0) is 19.9 Å². The van der Waals surface area contributed by atoms with Crippen molar-refractivity contribution in [2.24, 2.45) is 0 Å². The summed E-state index contributed by atoms with van der Waals surface area (Å²) in [7, 11) is 1.34. The topological polar surface area (TPSA) is 196 Å². The summed E-state index contributed by atoms with van der Waals surface area (Å²) in [4.78, 5) is 42.1. The van der Waals surface area contributed by atoms with E-state index in [1.165, 1.54) is 32.2 Å². The first-order valence-electron chi connectivity index (χ1n) is 14.7. The molecule has 2 heterocycles. The molecular weight excluding hydrogens is 588 g/mol. The first-order valence-corrected chi connectivity index (χ1v) is 14.7. The molecule has 7 atom stereocenters. The highest BCUT2D eigenvalue weighted by atomic mass is 16.7. The first-order chi connectivity index (χ1) is 21.4. The number of hydrogen-bond donors (Lipinski definition) is 4. The van der Waals surface area contributed by atoms with Crippen LogP contribution < -0.4 is 4.74 Å². The normalized spacial score (nSPS) is 31.4. The number of Topliss-reactive ketones (excluding diaryl/α,β-unsaturated/α-hetero) is 1. The molecule has 2 aliphatic heterocycles. The lowest BCUT2D eigenvalue weighted by Gasteiger charge is -2.47. The Balaban J connectivity index is 1.44. The van der Waals surface area contributed by atoms with E-state index in [4.69, 9.17) is 18.9 Å². The number of nitrogens with zero attached hydrogens (tertiary/aromatic N) is 2. The lowest BCUT2D eigenvalue weighted by Crippen LogP contribution is -2.60. The Morgan fingerprint density at radius 2 is 1.89 bits per heavy atom. The highest BCUT2D eigenvalue weighted by molar-refractivity contribution is 6.31. The Morgan fingerprint density at radius 1 is 1.16 bits per heavy atom. The molecule has 5 unspecified atom stereocenters. The molecule has 0 bridgehead atoms. The Bertz CT molecular complexity index is 1630. The molecule has 45 heavy (non-hydrogen) atoms. The van der Waals surface area contributed by atoms with Crippen LogP contribution in [-0.4, -0.2) is 106 Å². The van der Waals surface area contributed by atoms with Gasteiger partial charge in [0.05, 0.1) is 61.4 Å². The fourth-order valence-electron chi connectivity index (χ4n) is 7.06. The van der Waals surface area contributed by atoms with Crippen molar-refractivity contribution in [1.29, 1.82) is 5.26 Å². The lowest BCUT2D eigenvalue weighted by atomic mass is 9.72. The summed E-state index contributed by atoms with van der Waals surface area (Å²) in [6.45, 7) is 3.74. The van der Waals surface area contributed by atoms with Crippen molar-refractivity contribution in [2.45, 2.75) is 75.4 Å². The van der Waals surface area contributed by atoms with E-state index in [1.54, 1.807) is 6.92 Å². The van der Waals surface area contributed by atoms with Gasteiger partial charge in [-0.15, -0.1) is 0 Å². The fourth-order valence-corrected chi connectivity index (χ4v) is 7.06. The predicted octanol–water partition coefficient (Wildman–Crippen LogP) is 1.29. The molecule has 0 radical (unpaired) electrons. The highest BCUT2D eigenvalue weighted by Crippen LogP contribution is 2.52. The zero-order chi connectivity index (χ0) is 32.4. The molecule has 4 N–H and O–H groups in total. The quantitative estimate of drug-likeness (QED) is 0.298. The molecule has 0 amide bonds. The fraction of sp³-hybridized carbons (Fsp3) is 0.500. The number of carbonyl (C=O) groups excluding carboxylic acids is 3. The number of ether oxygens (including phenoxy) is 4. The number of hydrogen-bond acceptors (Lipinski definition) is 13. The number of aliphatic hydroxyl groups is 2. The van der Waals surface area contributed by atoms with E-state index >= 15 is 0 Å². The Kier molecular flexibility index (Phi) is 7.93. The maximum absolute atomic E-state index is 13.8. The van der Waals surface area contributed by atoms with Gasteiger partial charge in [-0.1, -0.05) is 12.1 Å². The van der Waals surface area contributed by atoms with Gasteiger partial charge in [-0.2, -0.15) is 5.26 Å². The van der Waals surface area contributed by atoms with Crippen molar-refractivity contribution in [3.63, 3.8) is 0 Å². The van der Waals surface area contributed by atoms with Gasteiger partial charge in [0.1, 0.15) is 28.9 Å². The average molecular weight is 623 g/mol. The summed E-state index contributed by atoms with van der Waals surface area (Å²) in [6, 6.07) is 5.44. The lowest BCUT2D eigenvalue weighted by molar-refractivity contribution is -0.262. The van der Waals surface area contributed by atoms with Gasteiger partial charge in [0.15, 0.2) is 17.9 Å². The molecular formula is C32H34N2O11. The van der Waals surface area contributed by atoms with Gasteiger partial charge in [-0.25, -0.2) is 0 Å². The molecule has 2 aromatic rings. The number of aliphatic hydroxyl groups excluding tert-OH is 1. The summed E-state index contributed by atoms with van der Waals surface area (Å²) in [5.41, 5.74) is -3.19. The largest absolute Gasteiger partial charge is 0.507 e. The minimum atomic E-state index is -2.05. The zero-order valence-electron chi connectivity index (χ0n) is 25.0. The molecule has 2 aromatic carbocycles. The van der Waals surface area contributed by atoms with Gasteiger partial charge >= 0.3 is 0 Å². The predicted molar refractivity (Wildman–Crippen MR) is 153 cm³/mol. The molecule has 13 nitrogen and oxygen atoms in total. The Hall–Kier alpha value is -3.90. The molecule has 2 fully saturated rings. The standard InChI is InChI=1S/C32H34N2O11/c1-14-27(36)19(34-7-8-43-13-16(34)12-33)9-22(44-14)45-21-11-32(41,15(2)35)10-18-24(21)31(40)26-25(29(18)38)28(37)17-5-4-6-20(42-3)23(17)30(26)39/h4-6,14,16,19,21-22,27,36,38,40-41H,7-11,13H2,1-3H3/t14?,16?,19?,21-,22?,27?,32-/m0/s1. The van der Waals surface area contributed by atoms with Crippen LogP contribution in [0.25, 0.3) is 0 Å². The van der Waals surface area contributed by atoms with Gasteiger partial charge in [0.25, 0.3) is 0 Å². The summed E-state index contributed by atoms with van der Waals surface area (Å²) < 4.78 is 23.1. The Labute approximate surface area is 258 Å². The monoisotopic (exact) mass is 622 g/mol. The number of nitriles is 1. The zero-order valence-corrected chi connectivity index (χ0v) is 25.0. The van der Waals surface area contributed by atoms with E-state index in [9.17, 15) is 40.1 Å². The molecule has 0 aromatic heterocycles. The maximum atomic E-state index is 13.8. The van der Waals surface area contributed by atoms with Crippen LogP contribution >= 0.6 is 0 Å². The second kappa shape index (κ2) is 11.5. The molecule has 238 valence electrons. The second-order valence-electron chi connectivity index (χ2n) is 12.0. The van der Waals surface area contributed by atoms with Gasteiger partial charge in [-0.3, -0.25) is 19.3 Å². The number of ketones is 3. The van der Waals surface area contributed by atoms with E-state index in [1.807, 2.05) is 4.90 Å². The summed E-state index contributed by atoms with van der Waals surface area (Å²) in [6.07, 6.45) is -4.80. The third-order valence-corrected chi connectivity index (χ3v) is 9.47. The van der Waals surface area contributed by atoms with E-state index < -0.39 is 88.7 Å². The van der Waals surface area contributed by atoms with E-state index in [2.05, 4.69) is 6.07 Å². The number of rotatable bonds is 5. The highest BCUT2D eigenvalue weighted by Gasteiger charge is 2.50. The Morgan fingerprint density at radius 3 is 2.58 bits per heavy atom. The molecule has 0 saturated carbocycles. The summed E-state index contributed by atoms with van der Waals surface area (Å²) >= 11 is 0. The van der Waals surface area contributed by atoms with Crippen LogP contribution in [0, 0.1) is 11.3 Å². The van der Waals surface area contributed by atoms with Crippen molar-refractivity contribution in [2.75, 3.05) is 26.9 Å². The van der Waals surface area contributed by atoms with Gasteiger partial charge in [0, 0.05) is 48.5 Å². The molecule has 2 saturated heterocycles. The van der Waals surface area contributed by atoms with Crippen LogP contribution in [0.4, 0.5) is 0 Å². The van der Waals surface area contributed by atoms with Crippen molar-refractivity contribution >= 4 is 17.3 Å². The van der Waals surface area contributed by atoms with Crippen molar-refractivity contribution < 1.29 is 53.8 Å². The van der Waals surface area contributed by atoms with Crippen LogP contribution in [0.1, 0.15) is 75.8 Å². The third kappa shape index (κ3) is 4.89. The number of phenolic OH excluding ortho intramolecular Hbond substituents is 2. The average Bonchev–Trinajstić information content (AvgIpc) is 3.02. The summed E-state index contributed by atoms with van der Waals surface area (Å²) in [5.74, 6) is -3.27. The molecule has 4 aliphatic rings. The molecule has 2 aliphatic carbocycles. The number of phenols is 2. The van der Waals surface area contributed by atoms with E-state index in [0.29, 0.717) is 13.2 Å². The first kappa shape index (κ1) is 31.1. The third-order valence-electron chi connectivity index (χ3n) is 9.47. The molecule has 0 spiro atoms. The number of aromatic hydroxyl groups is 2. The van der Waals surface area contributed by atoms with Crippen LogP contribution in [0.5, 0.6) is 17.2 Å². The SMILES string of the molecule is COc1cccc2c1C(=O)c1c(O)c3c(c(O)c1C2=O)C[C@@](O)(C(C)=O)C[C@@H]3OC1CC(N2CCOCC2C#N)C(O)C(C)O1. The number of fused-ring (bicyclic) bond motifs is 3. The van der Waals surface area contributed by atoms with E-state index in [0.717, 1.165) is 0 Å². The van der Waals surface area contributed by atoms with Gasteiger partial charge < -0.3 is 39.4 Å². The maximum Gasteiger partial charge on any atom is 0.202 e. The molecule has 6 rings (SSSR count). The minimum Gasteiger partial charge on any atom is -0.507 e. The second-order valence-corrected chi connectivity index (χ2v) is 12.0. The van der Waals surface area contributed by atoms with Crippen molar-refractivity contribution in [1.82, 2.24) is 4.90 Å². The van der Waals surface area contributed by atoms with Crippen LogP contribution in [-0.2, 0) is 25.4 Å². The van der Waals surface area contributed by atoms with Gasteiger partial charge in [0.2, 0.25) is 5.78 Å². The minimum absolute atomic E-state index is 0.0279. The van der Waals surface area contributed by atoms with Crippen LogP contribution in [0.3, 0.4) is 0 Å². The number of methoxy groups -OCH3 is 1. The smallest absolute Gasteiger partial charge is 0.202 e. The van der Waals surface area contributed by atoms with Crippen LogP contribution in [0.15, 0.2) is 18.2 Å². The van der Waals surface area contributed by atoms with Crippen molar-refractivity contribution in [3.05, 3.63) is 51.6 Å². The summed E-state index contributed by atoms with van der Waals surface area (Å²) in [5, 5.41) is 55.4. The number of morpholine rings is 1. The van der Waals surface area contributed by atoms with Crippen molar-refractivity contribution in [3.8, 4) is 23.3 Å². The van der Waals surface area contributed by atoms with E-state index in [-0.39, 0.29) is 47.5 Å². The molecule has 13 heteroatoms. The number of benzene rings is 2. The van der Waals surface area contributed by atoms with Crippen LogP contribution in [0.2, 0.25) is 0 Å². The number of carbonyl (C=O) groups is 3.